The van der Waals surface area contributed by atoms with Gasteiger partial charge in [-0.25, -0.2) is 0 Å². The second-order valence-corrected chi connectivity index (χ2v) is 4.90. The molecule has 2 aliphatic rings. The van der Waals surface area contributed by atoms with E-state index in [9.17, 15) is 0 Å². The minimum Gasteiger partial charge on any atom is -0.0596 e. The fourth-order valence-corrected chi connectivity index (χ4v) is 2.83. The van der Waals surface area contributed by atoms with E-state index in [-0.39, 0.29) is 0 Å². The fourth-order valence-electron chi connectivity index (χ4n) is 2.83. The normalized spacial score (nSPS) is 43.8. The first-order valence-electron chi connectivity index (χ1n) is 4.68. The molecule has 0 aromatic rings. The Balaban J connectivity index is 2.14. The molecule has 0 saturated heterocycles. The van der Waals surface area contributed by atoms with Crippen LogP contribution >= 0.6 is 0 Å². The van der Waals surface area contributed by atoms with E-state index < -0.39 is 0 Å². The fraction of sp³-hybridized carbons (Fsp3) is 1.00. The molecule has 0 heterocycles. The number of rotatable bonds is 0. The zero-order chi connectivity index (χ0) is 7.19. The van der Waals surface area contributed by atoms with E-state index >= 15 is 0 Å². The summed E-state index contributed by atoms with van der Waals surface area (Å²) in [6.45, 7) is 4.92. The lowest BCUT2D eigenvalue weighted by atomic mass is 9.70. The van der Waals surface area contributed by atoms with E-state index in [0.29, 0.717) is 5.41 Å². The van der Waals surface area contributed by atoms with Crippen molar-refractivity contribution in [2.24, 2.45) is 17.3 Å². The lowest BCUT2D eigenvalue weighted by Gasteiger charge is -2.36. The maximum Gasteiger partial charge on any atom is -0.0326 e. The van der Waals surface area contributed by atoms with Crippen molar-refractivity contribution in [2.75, 3.05) is 0 Å². The van der Waals surface area contributed by atoms with Crippen LogP contribution in [0.5, 0.6) is 0 Å². The van der Waals surface area contributed by atoms with Crippen LogP contribution in [0.25, 0.3) is 0 Å². The summed E-state index contributed by atoms with van der Waals surface area (Å²) >= 11 is 0. The lowest BCUT2D eigenvalue weighted by Crippen LogP contribution is -2.25. The third-order valence-corrected chi connectivity index (χ3v) is 3.84. The van der Waals surface area contributed by atoms with Gasteiger partial charge >= 0.3 is 0 Å². The van der Waals surface area contributed by atoms with Gasteiger partial charge in [-0.2, -0.15) is 0 Å². The molecule has 0 aromatic carbocycles. The zero-order valence-electron chi connectivity index (χ0n) is 7.19. The Morgan fingerprint density at radius 1 is 1.10 bits per heavy atom. The number of hydrogen-bond donors (Lipinski definition) is 0. The Labute approximate surface area is 64.0 Å². The van der Waals surface area contributed by atoms with E-state index in [2.05, 4.69) is 13.8 Å². The minimum absolute atomic E-state index is 0.688. The minimum atomic E-state index is 0.688. The smallest absolute Gasteiger partial charge is 0.0326 e. The SMILES string of the molecule is CC1(C)CCC2CCC1C2. The van der Waals surface area contributed by atoms with Gasteiger partial charge in [-0.3, -0.25) is 0 Å². The summed E-state index contributed by atoms with van der Waals surface area (Å²) in [5, 5.41) is 0. The molecule has 0 radical (unpaired) electrons. The molecule has 2 aliphatic carbocycles. The highest BCUT2D eigenvalue weighted by Crippen LogP contribution is 2.51. The van der Waals surface area contributed by atoms with Gasteiger partial charge in [-0.05, 0) is 42.9 Å². The second kappa shape index (κ2) is 1.99. The predicted octanol–water partition coefficient (Wildman–Crippen LogP) is 3.22. The first-order chi connectivity index (χ1) is 4.68. The van der Waals surface area contributed by atoms with Crippen molar-refractivity contribution in [1.29, 1.82) is 0 Å². The van der Waals surface area contributed by atoms with Crippen LogP contribution in [0.15, 0.2) is 0 Å². The van der Waals surface area contributed by atoms with Gasteiger partial charge in [0.1, 0.15) is 0 Å². The Morgan fingerprint density at radius 2 is 1.90 bits per heavy atom. The van der Waals surface area contributed by atoms with Gasteiger partial charge in [-0.1, -0.05) is 20.3 Å². The maximum absolute atomic E-state index is 2.46. The standard InChI is InChI=1S/C10H18/c1-10(2)6-5-8-3-4-9(10)7-8/h8-9H,3-7H2,1-2H3. The summed E-state index contributed by atoms with van der Waals surface area (Å²) in [4.78, 5) is 0. The molecule has 0 N–H and O–H groups in total. The van der Waals surface area contributed by atoms with E-state index in [1.807, 2.05) is 0 Å². The zero-order valence-corrected chi connectivity index (χ0v) is 7.19. The molecule has 0 amide bonds. The largest absolute Gasteiger partial charge is 0.0596 e. The lowest BCUT2D eigenvalue weighted by molar-refractivity contribution is 0.149. The van der Waals surface area contributed by atoms with Crippen molar-refractivity contribution in [2.45, 2.75) is 46.0 Å². The first kappa shape index (κ1) is 6.69. The van der Waals surface area contributed by atoms with Crippen LogP contribution in [-0.4, -0.2) is 0 Å². The Hall–Kier alpha value is 0. The molecule has 0 aliphatic heterocycles. The second-order valence-electron chi connectivity index (χ2n) is 4.90. The average Bonchev–Trinajstić information content (AvgIpc) is 2.26. The van der Waals surface area contributed by atoms with Gasteiger partial charge in [0, 0.05) is 0 Å². The van der Waals surface area contributed by atoms with Gasteiger partial charge in [0.05, 0.1) is 0 Å². The Morgan fingerprint density at radius 3 is 2.60 bits per heavy atom. The molecule has 10 heavy (non-hydrogen) atoms. The third kappa shape index (κ3) is 0.889. The molecule has 2 rings (SSSR count). The summed E-state index contributed by atoms with van der Waals surface area (Å²) in [5.74, 6) is 2.20. The predicted molar refractivity (Wildman–Crippen MR) is 43.8 cm³/mol. The highest BCUT2D eigenvalue weighted by atomic mass is 14.5. The monoisotopic (exact) mass is 138 g/mol. The van der Waals surface area contributed by atoms with Crippen LogP contribution in [0, 0.1) is 17.3 Å². The third-order valence-electron chi connectivity index (χ3n) is 3.84. The molecule has 0 spiro atoms. The molecule has 2 unspecified atom stereocenters. The van der Waals surface area contributed by atoms with Crippen molar-refractivity contribution < 1.29 is 0 Å². The molecule has 2 saturated carbocycles. The maximum atomic E-state index is 2.46. The molecular weight excluding hydrogens is 120 g/mol. The van der Waals surface area contributed by atoms with Crippen molar-refractivity contribution in [3.05, 3.63) is 0 Å². The van der Waals surface area contributed by atoms with Crippen LogP contribution in [0.4, 0.5) is 0 Å². The van der Waals surface area contributed by atoms with Crippen LogP contribution in [0.2, 0.25) is 0 Å². The van der Waals surface area contributed by atoms with E-state index in [0.717, 1.165) is 11.8 Å². The van der Waals surface area contributed by atoms with Crippen LogP contribution in [-0.2, 0) is 0 Å². The van der Waals surface area contributed by atoms with Gasteiger partial charge in [-0.15, -0.1) is 0 Å². The molecule has 2 atom stereocenters. The topological polar surface area (TPSA) is 0 Å². The molecule has 0 heteroatoms. The summed E-state index contributed by atoms with van der Waals surface area (Å²) < 4.78 is 0. The summed E-state index contributed by atoms with van der Waals surface area (Å²) in [6, 6.07) is 0. The Bertz CT molecular complexity index is 135. The number of hydrogen-bond acceptors (Lipinski definition) is 0. The Kier molecular flexibility index (Phi) is 1.33. The first-order valence-corrected chi connectivity index (χ1v) is 4.68. The van der Waals surface area contributed by atoms with Crippen molar-refractivity contribution >= 4 is 0 Å². The highest BCUT2D eigenvalue weighted by molar-refractivity contribution is 4.91. The van der Waals surface area contributed by atoms with Crippen LogP contribution in [0.3, 0.4) is 0 Å². The van der Waals surface area contributed by atoms with Crippen molar-refractivity contribution in [3.8, 4) is 0 Å². The summed E-state index contributed by atoms with van der Waals surface area (Å²) in [6.07, 6.45) is 7.62. The van der Waals surface area contributed by atoms with Gasteiger partial charge in [0.25, 0.3) is 0 Å². The van der Waals surface area contributed by atoms with E-state index in [4.69, 9.17) is 0 Å². The van der Waals surface area contributed by atoms with Gasteiger partial charge in [0.2, 0.25) is 0 Å². The van der Waals surface area contributed by atoms with Gasteiger partial charge in [0.15, 0.2) is 0 Å². The quantitative estimate of drug-likeness (QED) is 0.482. The van der Waals surface area contributed by atoms with Crippen LogP contribution in [0.1, 0.15) is 46.0 Å². The molecule has 2 bridgehead atoms. The van der Waals surface area contributed by atoms with Crippen LogP contribution < -0.4 is 0 Å². The van der Waals surface area contributed by atoms with E-state index in [1.54, 1.807) is 6.42 Å². The molecule has 2 fully saturated rings. The summed E-state index contributed by atoms with van der Waals surface area (Å²) in [7, 11) is 0. The molecule has 0 aromatic heterocycles. The molecule has 0 nitrogen and oxygen atoms in total. The average molecular weight is 138 g/mol. The van der Waals surface area contributed by atoms with Gasteiger partial charge < -0.3 is 0 Å². The number of fused-ring (bicyclic) bond motifs is 2. The summed E-state index contributed by atoms with van der Waals surface area (Å²) in [5.41, 5.74) is 0.688. The van der Waals surface area contributed by atoms with E-state index in [1.165, 1.54) is 25.7 Å². The molecule has 58 valence electrons. The van der Waals surface area contributed by atoms with Crippen molar-refractivity contribution in [3.63, 3.8) is 0 Å². The highest BCUT2D eigenvalue weighted by Gasteiger charge is 2.40. The van der Waals surface area contributed by atoms with Crippen molar-refractivity contribution in [1.82, 2.24) is 0 Å². The molecular formula is C10H18.